The second-order valence-corrected chi connectivity index (χ2v) is 3.73. The van der Waals surface area contributed by atoms with Crippen LogP contribution in [0.5, 0.6) is 0 Å². The van der Waals surface area contributed by atoms with E-state index in [1.54, 1.807) is 4.68 Å². The van der Waals surface area contributed by atoms with Gasteiger partial charge in [-0.1, -0.05) is 11.6 Å². The van der Waals surface area contributed by atoms with Gasteiger partial charge in [-0.05, 0) is 40.6 Å². The molecule has 1 aromatic carbocycles. The third-order valence-electron chi connectivity index (χ3n) is 2.24. The molecule has 2 aromatic rings. The Morgan fingerprint density at radius 3 is 2.80 bits per heavy atom. The van der Waals surface area contributed by atoms with Crippen LogP contribution in [0.15, 0.2) is 18.5 Å². The Bertz CT molecular complexity index is 467. The fourth-order valence-corrected chi connectivity index (χ4v) is 1.88. The number of halogens is 2. The first-order valence-electron chi connectivity index (χ1n) is 4.31. The summed E-state index contributed by atoms with van der Waals surface area (Å²) < 4.78 is 1.57. The summed E-state index contributed by atoms with van der Waals surface area (Å²) in [5.74, 6) is 0.377. The Hall–Kier alpha value is -1.13. The van der Waals surface area contributed by atoms with E-state index in [4.69, 9.17) is 23.2 Å². The molecule has 0 bridgehead atoms. The van der Waals surface area contributed by atoms with Gasteiger partial charge in [0.15, 0.2) is 0 Å². The zero-order valence-corrected chi connectivity index (χ0v) is 9.50. The number of tetrazole rings is 1. The Kier molecular flexibility index (Phi) is 2.88. The standard InChI is InChI=1S/C9H8Cl2N4/c1-6-7(4-10)9(3-2-8(6)11)15-5-12-13-14-15/h2-3,5H,4H2,1H3. The van der Waals surface area contributed by atoms with E-state index in [-0.39, 0.29) is 0 Å². The molecule has 2 rings (SSSR count). The molecule has 0 aliphatic carbocycles. The molecule has 0 N–H and O–H groups in total. The predicted octanol–water partition coefficient (Wildman–Crippen LogP) is 2.36. The highest BCUT2D eigenvalue weighted by Crippen LogP contribution is 2.26. The molecule has 0 aliphatic rings. The summed E-state index contributed by atoms with van der Waals surface area (Å²) in [4.78, 5) is 0. The number of nitrogens with zero attached hydrogens (tertiary/aromatic N) is 4. The van der Waals surface area contributed by atoms with Crippen molar-refractivity contribution in [2.24, 2.45) is 0 Å². The molecule has 78 valence electrons. The van der Waals surface area contributed by atoms with Gasteiger partial charge in [0.2, 0.25) is 0 Å². The minimum atomic E-state index is 0.377. The van der Waals surface area contributed by atoms with Crippen LogP contribution in [0.2, 0.25) is 5.02 Å². The first-order valence-corrected chi connectivity index (χ1v) is 5.22. The van der Waals surface area contributed by atoms with Crippen LogP contribution in [-0.4, -0.2) is 20.2 Å². The van der Waals surface area contributed by atoms with Gasteiger partial charge in [0.25, 0.3) is 0 Å². The molecule has 4 nitrogen and oxygen atoms in total. The van der Waals surface area contributed by atoms with E-state index >= 15 is 0 Å². The Morgan fingerprint density at radius 2 is 2.20 bits per heavy atom. The molecule has 0 saturated carbocycles. The predicted molar refractivity (Wildman–Crippen MR) is 58.5 cm³/mol. The third kappa shape index (κ3) is 1.82. The average Bonchev–Trinajstić information content (AvgIpc) is 2.75. The zero-order chi connectivity index (χ0) is 10.8. The van der Waals surface area contributed by atoms with Crippen molar-refractivity contribution < 1.29 is 0 Å². The van der Waals surface area contributed by atoms with E-state index in [1.165, 1.54) is 6.33 Å². The number of alkyl halides is 1. The maximum absolute atomic E-state index is 6.01. The molecule has 0 saturated heterocycles. The lowest BCUT2D eigenvalue weighted by Crippen LogP contribution is -2.01. The third-order valence-corrected chi connectivity index (χ3v) is 2.91. The summed E-state index contributed by atoms with van der Waals surface area (Å²) in [6, 6.07) is 3.66. The van der Waals surface area contributed by atoms with Crippen molar-refractivity contribution in [2.75, 3.05) is 0 Å². The highest BCUT2D eigenvalue weighted by Gasteiger charge is 2.10. The van der Waals surface area contributed by atoms with Crippen LogP contribution in [0.25, 0.3) is 5.69 Å². The van der Waals surface area contributed by atoms with Gasteiger partial charge in [0.1, 0.15) is 6.33 Å². The van der Waals surface area contributed by atoms with Crippen LogP contribution >= 0.6 is 23.2 Å². The van der Waals surface area contributed by atoms with Crippen molar-refractivity contribution in [1.82, 2.24) is 20.2 Å². The molecule has 0 spiro atoms. The van der Waals surface area contributed by atoms with E-state index in [2.05, 4.69) is 15.5 Å². The first-order chi connectivity index (χ1) is 7.24. The zero-order valence-electron chi connectivity index (χ0n) is 7.98. The molecule has 6 heteroatoms. The molecular weight excluding hydrogens is 235 g/mol. The SMILES string of the molecule is Cc1c(Cl)ccc(-n2cnnn2)c1CCl. The van der Waals surface area contributed by atoms with Gasteiger partial charge >= 0.3 is 0 Å². The Morgan fingerprint density at radius 1 is 1.40 bits per heavy atom. The molecule has 1 heterocycles. The van der Waals surface area contributed by atoms with Crippen LogP contribution < -0.4 is 0 Å². The van der Waals surface area contributed by atoms with Gasteiger partial charge in [0.05, 0.1) is 5.69 Å². The maximum Gasteiger partial charge on any atom is 0.143 e. The van der Waals surface area contributed by atoms with Gasteiger partial charge in [-0.15, -0.1) is 16.7 Å². The smallest absolute Gasteiger partial charge is 0.143 e. The molecule has 15 heavy (non-hydrogen) atoms. The summed E-state index contributed by atoms with van der Waals surface area (Å²) in [7, 11) is 0. The monoisotopic (exact) mass is 242 g/mol. The topological polar surface area (TPSA) is 43.6 Å². The lowest BCUT2D eigenvalue weighted by Gasteiger charge is -2.10. The lowest BCUT2D eigenvalue weighted by molar-refractivity contribution is 0.783. The van der Waals surface area contributed by atoms with Crippen molar-refractivity contribution >= 4 is 23.2 Å². The van der Waals surface area contributed by atoms with Crippen molar-refractivity contribution in [3.8, 4) is 5.69 Å². The lowest BCUT2D eigenvalue weighted by atomic mass is 10.1. The van der Waals surface area contributed by atoms with Gasteiger partial charge in [-0.2, -0.15) is 0 Å². The quantitative estimate of drug-likeness (QED) is 0.760. The molecule has 0 unspecified atom stereocenters. The largest absolute Gasteiger partial charge is 0.200 e. The molecule has 0 aliphatic heterocycles. The van der Waals surface area contributed by atoms with Crippen molar-refractivity contribution in [2.45, 2.75) is 12.8 Å². The molecule has 0 atom stereocenters. The van der Waals surface area contributed by atoms with E-state index in [0.717, 1.165) is 16.8 Å². The highest BCUT2D eigenvalue weighted by molar-refractivity contribution is 6.31. The summed E-state index contributed by atoms with van der Waals surface area (Å²) in [5.41, 5.74) is 2.76. The fourth-order valence-electron chi connectivity index (χ4n) is 1.37. The maximum atomic E-state index is 6.01. The number of aromatic nitrogens is 4. The van der Waals surface area contributed by atoms with Crippen LogP contribution in [0, 0.1) is 6.92 Å². The normalized spacial score (nSPS) is 10.6. The highest BCUT2D eigenvalue weighted by atomic mass is 35.5. The van der Waals surface area contributed by atoms with Crippen molar-refractivity contribution in [1.29, 1.82) is 0 Å². The van der Waals surface area contributed by atoms with E-state index in [9.17, 15) is 0 Å². The number of hydrogen-bond acceptors (Lipinski definition) is 3. The molecule has 0 fully saturated rings. The van der Waals surface area contributed by atoms with Crippen LogP contribution in [0.3, 0.4) is 0 Å². The minimum absolute atomic E-state index is 0.377. The van der Waals surface area contributed by atoms with Crippen molar-refractivity contribution in [3.05, 3.63) is 34.6 Å². The van der Waals surface area contributed by atoms with E-state index in [0.29, 0.717) is 10.9 Å². The number of hydrogen-bond donors (Lipinski definition) is 0. The number of benzene rings is 1. The van der Waals surface area contributed by atoms with Crippen molar-refractivity contribution in [3.63, 3.8) is 0 Å². The van der Waals surface area contributed by atoms with Gasteiger partial charge in [0, 0.05) is 10.9 Å². The summed E-state index contributed by atoms with van der Waals surface area (Å²) >= 11 is 11.9. The Labute approximate surface area is 96.8 Å². The van der Waals surface area contributed by atoms with Gasteiger partial charge < -0.3 is 0 Å². The van der Waals surface area contributed by atoms with E-state index in [1.807, 2.05) is 19.1 Å². The molecule has 1 aromatic heterocycles. The van der Waals surface area contributed by atoms with E-state index < -0.39 is 0 Å². The molecule has 0 amide bonds. The fraction of sp³-hybridized carbons (Fsp3) is 0.222. The molecular formula is C9H8Cl2N4. The van der Waals surface area contributed by atoms with Crippen LogP contribution in [0.4, 0.5) is 0 Å². The van der Waals surface area contributed by atoms with Crippen LogP contribution in [-0.2, 0) is 5.88 Å². The minimum Gasteiger partial charge on any atom is -0.200 e. The number of rotatable bonds is 2. The van der Waals surface area contributed by atoms with Gasteiger partial charge in [-0.25, -0.2) is 4.68 Å². The first kappa shape index (κ1) is 10.4. The van der Waals surface area contributed by atoms with Crippen LogP contribution in [0.1, 0.15) is 11.1 Å². The second-order valence-electron chi connectivity index (χ2n) is 3.06. The summed E-state index contributed by atoms with van der Waals surface area (Å²) in [6.45, 7) is 1.92. The molecule has 0 radical (unpaired) electrons. The van der Waals surface area contributed by atoms with Gasteiger partial charge in [-0.3, -0.25) is 0 Å². The second kappa shape index (κ2) is 4.16. The summed E-state index contributed by atoms with van der Waals surface area (Å²) in [5, 5.41) is 11.7. The summed E-state index contributed by atoms with van der Waals surface area (Å²) in [6.07, 6.45) is 1.53. The Balaban J connectivity index is 2.62. The average molecular weight is 243 g/mol.